The van der Waals surface area contributed by atoms with E-state index in [2.05, 4.69) is 5.32 Å². The summed E-state index contributed by atoms with van der Waals surface area (Å²) in [5.41, 5.74) is 1.91. The van der Waals surface area contributed by atoms with Crippen LogP contribution < -0.4 is 5.32 Å². The summed E-state index contributed by atoms with van der Waals surface area (Å²) in [7, 11) is 0. The van der Waals surface area contributed by atoms with Crippen molar-refractivity contribution >= 4 is 17.6 Å². The molecular formula is C17H25NO3. The zero-order valence-electron chi connectivity index (χ0n) is 13.3. The van der Waals surface area contributed by atoms with Gasteiger partial charge in [-0.1, -0.05) is 39.0 Å². The number of anilines is 1. The molecule has 1 rings (SSSR count). The largest absolute Gasteiger partial charge is 0.481 e. The van der Waals surface area contributed by atoms with Crippen molar-refractivity contribution in [3.63, 3.8) is 0 Å². The third-order valence-electron chi connectivity index (χ3n) is 4.31. The van der Waals surface area contributed by atoms with Crippen LogP contribution in [0.5, 0.6) is 0 Å². The van der Waals surface area contributed by atoms with E-state index in [0.29, 0.717) is 12.8 Å². The maximum Gasteiger partial charge on any atom is 0.310 e. The molecule has 0 aromatic heterocycles. The van der Waals surface area contributed by atoms with E-state index in [1.807, 2.05) is 45.9 Å². The normalized spacial score (nSPS) is 11.2. The number of rotatable bonds is 7. The molecule has 0 saturated heterocycles. The van der Waals surface area contributed by atoms with Crippen molar-refractivity contribution in [3.8, 4) is 0 Å². The lowest BCUT2D eigenvalue weighted by atomic mass is 9.79. The van der Waals surface area contributed by atoms with Crippen LogP contribution in [0.2, 0.25) is 0 Å². The van der Waals surface area contributed by atoms with Crippen molar-refractivity contribution in [1.82, 2.24) is 0 Å². The summed E-state index contributed by atoms with van der Waals surface area (Å²) in [4.78, 5) is 23.8. The molecule has 1 aromatic carbocycles. The first-order chi connectivity index (χ1) is 9.90. The summed E-state index contributed by atoms with van der Waals surface area (Å²) >= 11 is 0. The van der Waals surface area contributed by atoms with Gasteiger partial charge in [0.15, 0.2) is 0 Å². The molecule has 1 amide bonds. The first-order valence-corrected chi connectivity index (χ1v) is 7.51. The van der Waals surface area contributed by atoms with Crippen molar-refractivity contribution in [2.45, 2.75) is 53.4 Å². The topological polar surface area (TPSA) is 66.4 Å². The molecule has 21 heavy (non-hydrogen) atoms. The van der Waals surface area contributed by atoms with E-state index in [-0.39, 0.29) is 12.3 Å². The van der Waals surface area contributed by atoms with Gasteiger partial charge in [-0.25, -0.2) is 0 Å². The highest BCUT2D eigenvalue weighted by molar-refractivity contribution is 5.95. The second-order valence-electron chi connectivity index (χ2n) is 5.48. The first kappa shape index (κ1) is 17.2. The second kappa shape index (κ2) is 7.25. The molecule has 4 heteroatoms. The van der Waals surface area contributed by atoms with Crippen LogP contribution in [0.25, 0.3) is 0 Å². The molecule has 0 aliphatic rings. The van der Waals surface area contributed by atoms with Gasteiger partial charge in [-0.3, -0.25) is 9.59 Å². The molecule has 0 heterocycles. The number of carboxylic acids is 1. The number of para-hydroxylation sites is 1. The molecule has 1 aromatic rings. The number of aliphatic carboxylic acids is 1. The summed E-state index contributed by atoms with van der Waals surface area (Å²) in [5.74, 6) is -1.13. The lowest BCUT2D eigenvalue weighted by Gasteiger charge is -2.26. The number of benzene rings is 1. The summed E-state index contributed by atoms with van der Waals surface area (Å²) in [6, 6.07) is 5.88. The van der Waals surface area contributed by atoms with Gasteiger partial charge in [-0.05, 0) is 37.3 Å². The minimum Gasteiger partial charge on any atom is -0.481 e. The predicted octanol–water partition coefficient (Wildman–Crippen LogP) is 3.78. The van der Waals surface area contributed by atoms with Crippen LogP contribution in [0.15, 0.2) is 18.2 Å². The monoisotopic (exact) mass is 291 g/mol. The molecule has 0 aliphatic heterocycles. The van der Waals surface area contributed by atoms with Gasteiger partial charge in [0.2, 0.25) is 5.91 Å². The van der Waals surface area contributed by atoms with Crippen LogP contribution in [0, 0.1) is 12.3 Å². The van der Waals surface area contributed by atoms with Crippen LogP contribution >= 0.6 is 0 Å². The van der Waals surface area contributed by atoms with Crippen LogP contribution in [-0.2, 0) is 16.0 Å². The quantitative estimate of drug-likeness (QED) is 0.803. The molecule has 116 valence electrons. The fourth-order valence-corrected chi connectivity index (χ4v) is 2.57. The molecule has 0 bridgehead atoms. The lowest BCUT2D eigenvalue weighted by Crippen LogP contribution is -2.34. The fraction of sp³-hybridized carbons (Fsp3) is 0.529. The summed E-state index contributed by atoms with van der Waals surface area (Å²) in [5, 5.41) is 12.3. The molecule has 2 N–H and O–H groups in total. The Bertz CT molecular complexity index is 519. The summed E-state index contributed by atoms with van der Waals surface area (Å²) in [6.45, 7) is 7.61. The predicted molar refractivity (Wildman–Crippen MR) is 84.5 cm³/mol. The molecule has 0 radical (unpaired) electrons. The second-order valence-corrected chi connectivity index (χ2v) is 5.48. The van der Waals surface area contributed by atoms with Crippen LogP contribution in [-0.4, -0.2) is 17.0 Å². The Morgan fingerprint density at radius 1 is 1.19 bits per heavy atom. The van der Waals surface area contributed by atoms with Crippen LogP contribution in [0.4, 0.5) is 5.69 Å². The summed E-state index contributed by atoms with van der Waals surface area (Å²) in [6.07, 6.45) is 1.72. The summed E-state index contributed by atoms with van der Waals surface area (Å²) < 4.78 is 0. The molecule has 0 atom stereocenters. The van der Waals surface area contributed by atoms with Gasteiger partial charge in [0, 0.05) is 12.1 Å². The van der Waals surface area contributed by atoms with E-state index < -0.39 is 11.4 Å². The standard InChI is InChI=1S/C17H25NO3/c1-5-13-10-8-9-12(4)15(13)18-14(19)11-17(6-2,7-3)16(20)21/h8-10H,5-7,11H2,1-4H3,(H,18,19)(H,20,21). The Morgan fingerprint density at radius 3 is 2.29 bits per heavy atom. The van der Waals surface area contributed by atoms with Gasteiger partial charge < -0.3 is 10.4 Å². The van der Waals surface area contributed by atoms with Crippen LogP contribution in [0.3, 0.4) is 0 Å². The van der Waals surface area contributed by atoms with Gasteiger partial charge >= 0.3 is 5.97 Å². The number of nitrogens with one attached hydrogen (secondary N) is 1. The molecule has 0 spiro atoms. The Kier molecular flexibility index (Phi) is 5.94. The van der Waals surface area contributed by atoms with Crippen molar-refractivity contribution in [2.24, 2.45) is 5.41 Å². The Labute approximate surface area is 126 Å². The average molecular weight is 291 g/mol. The van der Waals surface area contributed by atoms with Gasteiger partial charge in [0.05, 0.1) is 5.41 Å². The van der Waals surface area contributed by atoms with Gasteiger partial charge in [-0.15, -0.1) is 0 Å². The zero-order valence-corrected chi connectivity index (χ0v) is 13.3. The molecule has 0 saturated carbocycles. The molecule has 4 nitrogen and oxygen atoms in total. The van der Waals surface area contributed by atoms with Crippen molar-refractivity contribution in [2.75, 3.05) is 5.32 Å². The fourth-order valence-electron chi connectivity index (χ4n) is 2.57. The van der Waals surface area contributed by atoms with Crippen molar-refractivity contribution < 1.29 is 14.7 Å². The Hall–Kier alpha value is -1.84. The van der Waals surface area contributed by atoms with Gasteiger partial charge in [0.1, 0.15) is 0 Å². The average Bonchev–Trinajstić information content (AvgIpc) is 2.46. The highest BCUT2D eigenvalue weighted by Crippen LogP contribution is 2.32. The Balaban J connectivity index is 2.94. The number of hydrogen-bond donors (Lipinski definition) is 2. The van der Waals surface area contributed by atoms with E-state index in [4.69, 9.17) is 0 Å². The van der Waals surface area contributed by atoms with E-state index in [1.165, 1.54) is 0 Å². The number of aryl methyl sites for hydroxylation is 2. The first-order valence-electron chi connectivity index (χ1n) is 7.51. The van der Waals surface area contributed by atoms with Gasteiger partial charge in [-0.2, -0.15) is 0 Å². The number of carbonyl (C=O) groups is 2. The van der Waals surface area contributed by atoms with E-state index in [0.717, 1.165) is 23.2 Å². The molecule has 0 unspecified atom stereocenters. The third kappa shape index (κ3) is 3.84. The van der Waals surface area contributed by atoms with E-state index in [1.54, 1.807) is 0 Å². The third-order valence-corrected chi connectivity index (χ3v) is 4.31. The number of carbonyl (C=O) groups excluding carboxylic acids is 1. The minimum absolute atomic E-state index is 0.00677. The molecule has 0 fully saturated rings. The minimum atomic E-state index is -0.973. The SMILES string of the molecule is CCc1cccc(C)c1NC(=O)CC(CC)(CC)C(=O)O. The Morgan fingerprint density at radius 2 is 1.81 bits per heavy atom. The smallest absolute Gasteiger partial charge is 0.310 e. The van der Waals surface area contributed by atoms with E-state index in [9.17, 15) is 14.7 Å². The van der Waals surface area contributed by atoms with Crippen molar-refractivity contribution in [1.29, 1.82) is 0 Å². The number of hydrogen-bond acceptors (Lipinski definition) is 2. The maximum atomic E-state index is 12.3. The molecule has 0 aliphatic carbocycles. The molecular weight excluding hydrogens is 266 g/mol. The maximum absolute atomic E-state index is 12.3. The lowest BCUT2D eigenvalue weighted by molar-refractivity contribution is -0.151. The zero-order chi connectivity index (χ0) is 16.0. The number of amides is 1. The van der Waals surface area contributed by atoms with E-state index >= 15 is 0 Å². The van der Waals surface area contributed by atoms with Crippen LogP contribution in [0.1, 0.15) is 51.2 Å². The van der Waals surface area contributed by atoms with Crippen molar-refractivity contribution in [3.05, 3.63) is 29.3 Å². The highest BCUT2D eigenvalue weighted by atomic mass is 16.4. The number of carboxylic acid groups (broad SMARTS) is 1. The van der Waals surface area contributed by atoms with Gasteiger partial charge in [0.25, 0.3) is 0 Å². The highest BCUT2D eigenvalue weighted by Gasteiger charge is 2.37.